The van der Waals surface area contributed by atoms with E-state index in [4.69, 9.17) is 5.11 Å². The van der Waals surface area contributed by atoms with Crippen LogP contribution in [0.15, 0.2) is 0 Å². The molecule has 0 aliphatic rings. The summed E-state index contributed by atoms with van der Waals surface area (Å²) >= 11 is 0. The molecule has 0 aromatic heterocycles. The van der Waals surface area contributed by atoms with E-state index in [2.05, 4.69) is 0 Å². The van der Waals surface area contributed by atoms with Gasteiger partial charge in [0.2, 0.25) is 0 Å². The third kappa shape index (κ3) is 10.7. The van der Waals surface area contributed by atoms with Crippen molar-refractivity contribution in [1.29, 1.82) is 0 Å². The fourth-order valence-electron chi connectivity index (χ4n) is 0. The first-order valence-electron chi connectivity index (χ1n) is 1.22. The molecule has 0 amide bonds. The summed E-state index contributed by atoms with van der Waals surface area (Å²) in [7, 11) is 0. The van der Waals surface area contributed by atoms with Gasteiger partial charge in [-0.2, -0.15) is 8.78 Å². The Hall–Kier alpha value is 0.490. The third-order valence-electron chi connectivity index (χ3n) is 0.161. The van der Waals surface area contributed by atoms with Gasteiger partial charge in [0.15, 0.2) is 6.67 Å². The first-order valence-corrected chi connectivity index (χ1v) is 1.22. The summed E-state index contributed by atoms with van der Waals surface area (Å²) in [5, 5.41) is 7.12. The van der Waals surface area contributed by atoms with Crippen molar-refractivity contribution >= 4 is 0 Å². The van der Waals surface area contributed by atoms with Crippen LogP contribution in [0.2, 0.25) is 0 Å². The molecule has 0 fully saturated rings. The zero-order chi connectivity index (χ0) is 5.21. The van der Waals surface area contributed by atoms with Crippen LogP contribution < -0.4 is 0 Å². The molecule has 0 unspecified atom stereocenters. The van der Waals surface area contributed by atoms with E-state index >= 15 is 0 Å². The van der Waals surface area contributed by atoms with Crippen LogP contribution in [0.5, 0.6) is 0 Å². The molecular weight excluding hydrogens is 205 g/mol. The zero-order valence-corrected chi connectivity index (χ0v) is 4.57. The second-order valence-corrected chi connectivity index (χ2v) is 0.799. The van der Waals surface area contributed by atoms with Crippen LogP contribution in [0.1, 0.15) is 0 Å². The SMILES string of the molecule is OC(F)(F)CF.[Ag]. The van der Waals surface area contributed by atoms with Crippen molar-refractivity contribution in [3.8, 4) is 0 Å². The van der Waals surface area contributed by atoms with E-state index < -0.39 is 12.8 Å². The topological polar surface area (TPSA) is 20.2 Å². The first-order chi connectivity index (χ1) is 2.56. The van der Waals surface area contributed by atoms with E-state index in [-0.39, 0.29) is 22.4 Å². The monoisotopic (exact) mass is 207 g/mol. The van der Waals surface area contributed by atoms with Crippen molar-refractivity contribution in [2.45, 2.75) is 6.11 Å². The molecule has 0 rings (SSSR count). The van der Waals surface area contributed by atoms with Gasteiger partial charge in [0.25, 0.3) is 0 Å². The average molecular weight is 208 g/mol. The maximum absolute atomic E-state index is 10.6. The second-order valence-electron chi connectivity index (χ2n) is 0.799. The van der Waals surface area contributed by atoms with E-state index in [0.29, 0.717) is 0 Å². The summed E-state index contributed by atoms with van der Waals surface area (Å²) in [6.07, 6.45) is -4.12. The molecule has 0 aliphatic carbocycles. The zero-order valence-electron chi connectivity index (χ0n) is 3.09. The van der Waals surface area contributed by atoms with Gasteiger partial charge in [0.1, 0.15) is 0 Å². The molecule has 0 aliphatic heterocycles. The Kier molecular flexibility index (Phi) is 5.21. The van der Waals surface area contributed by atoms with Crippen LogP contribution in [0.3, 0.4) is 0 Å². The summed E-state index contributed by atoms with van der Waals surface area (Å²) in [6.45, 7) is -2.01. The fourth-order valence-corrected chi connectivity index (χ4v) is 0. The molecule has 0 saturated heterocycles. The summed E-state index contributed by atoms with van der Waals surface area (Å²) in [5.74, 6) is 0. The molecule has 0 bridgehead atoms. The van der Waals surface area contributed by atoms with Crippen LogP contribution in [-0.4, -0.2) is 17.9 Å². The molecule has 0 aromatic rings. The predicted molar refractivity (Wildman–Crippen MR) is 13.1 cm³/mol. The van der Waals surface area contributed by atoms with E-state index in [1.54, 1.807) is 0 Å². The minimum Gasteiger partial charge on any atom is -0.334 e. The van der Waals surface area contributed by atoms with Crippen molar-refractivity contribution in [2.75, 3.05) is 6.67 Å². The summed E-state index contributed by atoms with van der Waals surface area (Å²) in [6, 6.07) is 0. The Morgan fingerprint density at radius 3 is 1.57 bits per heavy atom. The standard InChI is InChI=1S/C2H3F3O.Ag/c3-1-2(4,5)6;/h6H,1H2;. The van der Waals surface area contributed by atoms with Gasteiger partial charge in [-0.05, 0) is 0 Å². The molecule has 7 heavy (non-hydrogen) atoms. The number of hydrogen-bond donors (Lipinski definition) is 1. The predicted octanol–water partition coefficient (Wildman–Crippen LogP) is 0.539. The quantitative estimate of drug-likeness (QED) is 0.623. The van der Waals surface area contributed by atoms with Gasteiger partial charge < -0.3 is 5.11 Å². The largest absolute Gasteiger partial charge is 0.381 e. The van der Waals surface area contributed by atoms with Gasteiger partial charge in [0.05, 0.1) is 0 Å². The van der Waals surface area contributed by atoms with Gasteiger partial charge >= 0.3 is 6.11 Å². The van der Waals surface area contributed by atoms with E-state index in [0.717, 1.165) is 0 Å². The van der Waals surface area contributed by atoms with Crippen LogP contribution in [0, 0.1) is 0 Å². The van der Waals surface area contributed by atoms with Crippen LogP contribution in [0.4, 0.5) is 13.2 Å². The normalized spacial score (nSPS) is 10.3. The number of alkyl halides is 3. The average Bonchev–Trinajstić information content (AvgIpc) is 1.35. The van der Waals surface area contributed by atoms with Gasteiger partial charge in [-0.3, -0.25) is 0 Å². The van der Waals surface area contributed by atoms with Crippen molar-refractivity contribution in [3.05, 3.63) is 0 Å². The summed E-state index contributed by atoms with van der Waals surface area (Å²) < 4.78 is 31.8. The number of aliphatic hydroxyl groups is 1. The van der Waals surface area contributed by atoms with Crippen LogP contribution in [0.25, 0.3) is 0 Å². The second kappa shape index (κ2) is 3.49. The minimum atomic E-state index is -4.12. The smallest absolute Gasteiger partial charge is 0.334 e. The molecular formula is C2H3AgF3O. The van der Waals surface area contributed by atoms with Gasteiger partial charge in [0, 0.05) is 22.4 Å². The first kappa shape index (κ1) is 10.5. The van der Waals surface area contributed by atoms with Crippen molar-refractivity contribution in [2.24, 2.45) is 0 Å². The molecule has 1 N–H and O–H groups in total. The number of hydrogen-bond acceptors (Lipinski definition) is 1. The van der Waals surface area contributed by atoms with Crippen molar-refractivity contribution in [3.63, 3.8) is 0 Å². The van der Waals surface area contributed by atoms with Gasteiger partial charge in [-0.15, -0.1) is 0 Å². The molecule has 0 atom stereocenters. The Balaban J connectivity index is 0. The summed E-state index contributed by atoms with van der Waals surface area (Å²) in [5.41, 5.74) is 0. The van der Waals surface area contributed by atoms with Crippen LogP contribution in [-0.2, 0) is 22.4 Å². The molecule has 5 heteroatoms. The molecule has 0 heterocycles. The van der Waals surface area contributed by atoms with Gasteiger partial charge in [-0.1, -0.05) is 0 Å². The Labute approximate surface area is 54.0 Å². The third-order valence-corrected chi connectivity index (χ3v) is 0.161. The van der Waals surface area contributed by atoms with E-state index in [9.17, 15) is 13.2 Å². The molecule has 1 radical (unpaired) electrons. The Bertz CT molecular complexity index is 42.7. The maximum Gasteiger partial charge on any atom is 0.381 e. The molecule has 49 valence electrons. The molecule has 0 saturated carbocycles. The van der Waals surface area contributed by atoms with Crippen molar-refractivity contribution in [1.82, 2.24) is 0 Å². The molecule has 1 nitrogen and oxygen atoms in total. The Morgan fingerprint density at radius 2 is 1.57 bits per heavy atom. The van der Waals surface area contributed by atoms with Crippen molar-refractivity contribution < 1.29 is 40.7 Å². The molecule has 0 spiro atoms. The van der Waals surface area contributed by atoms with Crippen LogP contribution >= 0.6 is 0 Å². The Morgan fingerprint density at radius 1 is 1.43 bits per heavy atom. The van der Waals surface area contributed by atoms with Gasteiger partial charge in [-0.25, -0.2) is 4.39 Å². The van der Waals surface area contributed by atoms with E-state index in [1.165, 1.54) is 0 Å². The fraction of sp³-hybridized carbons (Fsp3) is 1.00. The number of halogens is 3. The summed E-state index contributed by atoms with van der Waals surface area (Å²) in [4.78, 5) is 0. The van der Waals surface area contributed by atoms with E-state index in [1.807, 2.05) is 0 Å². The number of rotatable bonds is 1. The maximum atomic E-state index is 10.6. The molecule has 0 aromatic carbocycles. The minimum absolute atomic E-state index is 0.